The van der Waals surface area contributed by atoms with Crippen molar-refractivity contribution < 1.29 is 14.2 Å². The average molecular weight is 388 g/mol. The van der Waals surface area contributed by atoms with Gasteiger partial charge in [0.2, 0.25) is 0 Å². The molecule has 0 unspecified atom stereocenters. The first kappa shape index (κ1) is 17.3. The van der Waals surface area contributed by atoms with Gasteiger partial charge in [-0.05, 0) is 29.7 Å². The van der Waals surface area contributed by atoms with Crippen LogP contribution < -0.4 is 4.74 Å². The number of hydrogen-bond donors (Lipinski definition) is 0. The number of hydrogen-bond acceptors (Lipinski definition) is 7. The molecule has 2 aromatic heterocycles. The first-order valence-electron chi connectivity index (χ1n) is 9.29. The smallest absolute Gasteiger partial charge is 0.295 e. The predicted molar refractivity (Wildman–Crippen MR) is 105 cm³/mol. The van der Waals surface area contributed by atoms with Crippen molar-refractivity contribution in [3.05, 3.63) is 75.6 Å². The van der Waals surface area contributed by atoms with E-state index in [2.05, 4.69) is 27.3 Å². The first-order valence-corrected chi connectivity index (χ1v) is 9.29. The predicted octanol–water partition coefficient (Wildman–Crippen LogP) is 3.91. The zero-order valence-electron chi connectivity index (χ0n) is 15.4. The number of ether oxygens (including phenoxy) is 1. The van der Waals surface area contributed by atoms with Crippen molar-refractivity contribution in [3.8, 4) is 17.3 Å². The van der Waals surface area contributed by atoms with Crippen LogP contribution in [0.3, 0.4) is 0 Å². The Morgan fingerprint density at radius 1 is 1.07 bits per heavy atom. The Balaban J connectivity index is 1.37. The van der Waals surface area contributed by atoms with Crippen LogP contribution in [0.15, 0.2) is 53.1 Å². The second kappa shape index (κ2) is 6.97. The Bertz CT molecular complexity index is 1230. The number of nitrogens with zero attached hydrogens (tertiary/aromatic N) is 4. The van der Waals surface area contributed by atoms with E-state index in [0.717, 1.165) is 25.2 Å². The molecule has 0 radical (unpaired) electrons. The molecule has 1 aliphatic rings. The Labute approximate surface area is 165 Å². The molecule has 5 rings (SSSR count). The van der Waals surface area contributed by atoms with Gasteiger partial charge in [-0.1, -0.05) is 35.5 Å². The van der Waals surface area contributed by atoms with Gasteiger partial charge in [0.1, 0.15) is 17.0 Å². The van der Waals surface area contributed by atoms with Gasteiger partial charge in [0.25, 0.3) is 11.6 Å². The van der Waals surface area contributed by atoms with Crippen molar-refractivity contribution in [2.24, 2.45) is 0 Å². The quantitative estimate of drug-likeness (QED) is 0.377. The number of benzene rings is 2. The van der Waals surface area contributed by atoms with Crippen LogP contribution in [-0.2, 0) is 19.3 Å². The van der Waals surface area contributed by atoms with Gasteiger partial charge in [0.05, 0.1) is 11.5 Å². The standard InChI is InChI=1S/C21H16N4O4/c26-25(27)17-3-1-2-14-6-7-16(22-20(14)17)21-23-19(24-29-21)9-5-13-4-8-18-15(12-13)10-11-28-18/h1-4,6-8,12H,5,9-11H2. The molecule has 0 saturated heterocycles. The van der Waals surface area contributed by atoms with Crippen molar-refractivity contribution in [2.45, 2.75) is 19.3 Å². The topological polar surface area (TPSA) is 104 Å². The molecule has 3 heterocycles. The summed E-state index contributed by atoms with van der Waals surface area (Å²) in [6.07, 6.45) is 2.34. The van der Waals surface area contributed by atoms with Gasteiger partial charge in [-0.25, -0.2) is 4.98 Å². The van der Waals surface area contributed by atoms with Gasteiger partial charge in [0, 0.05) is 24.3 Å². The van der Waals surface area contributed by atoms with Crippen LogP contribution in [0.2, 0.25) is 0 Å². The van der Waals surface area contributed by atoms with Gasteiger partial charge < -0.3 is 9.26 Å². The number of aromatic nitrogens is 3. The van der Waals surface area contributed by atoms with Crippen LogP contribution in [0.1, 0.15) is 17.0 Å². The van der Waals surface area contributed by atoms with Crippen molar-refractivity contribution in [2.75, 3.05) is 6.61 Å². The number of rotatable bonds is 5. The second-order valence-electron chi connectivity index (χ2n) is 6.86. The minimum atomic E-state index is -0.444. The number of fused-ring (bicyclic) bond motifs is 2. The maximum absolute atomic E-state index is 11.3. The van der Waals surface area contributed by atoms with Gasteiger partial charge in [0.15, 0.2) is 5.82 Å². The molecule has 0 N–H and O–H groups in total. The zero-order chi connectivity index (χ0) is 19.8. The average Bonchev–Trinajstić information content (AvgIpc) is 3.40. The van der Waals surface area contributed by atoms with Crippen LogP contribution in [0, 0.1) is 10.1 Å². The summed E-state index contributed by atoms with van der Waals surface area (Å²) in [5, 5.41) is 16.0. The lowest BCUT2D eigenvalue weighted by molar-refractivity contribution is -0.383. The van der Waals surface area contributed by atoms with Gasteiger partial charge >= 0.3 is 0 Å². The molecule has 1 aliphatic heterocycles. The van der Waals surface area contributed by atoms with E-state index < -0.39 is 4.92 Å². The van der Waals surface area contributed by atoms with E-state index in [0.29, 0.717) is 28.8 Å². The molecule has 8 heteroatoms. The Hall–Kier alpha value is -3.81. The van der Waals surface area contributed by atoms with E-state index in [1.165, 1.54) is 17.2 Å². The third kappa shape index (κ3) is 3.29. The van der Waals surface area contributed by atoms with Gasteiger partial charge in [-0.3, -0.25) is 10.1 Å². The monoisotopic (exact) mass is 388 g/mol. The lowest BCUT2D eigenvalue weighted by Crippen LogP contribution is -1.95. The van der Waals surface area contributed by atoms with E-state index in [4.69, 9.17) is 9.26 Å². The lowest BCUT2D eigenvalue weighted by atomic mass is 10.0. The van der Waals surface area contributed by atoms with E-state index in [1.807, 2.05) is 6.07 Å². The fraction of sp³-hybridized carbons (Fsp3) is 0.190. The molecule has 0 atom stereocenters. The molecule has 0 aliphatic carbocycles. The van der Waals surface area contributed by atoms with Crippen molar-refractivity contribution in [1.29, 1.82) is 0 Å². The van der Waals surface area contributed by atoms with Crippen LogP contribution in [-0.4, -0.2) is 26.7 Å². The Kier molecular flexibility index (Phi) is 4.16. The van der Waals surface area contributed by atoms with Crippen LogP contribution in [0.4, 0.5) is 5.69 Å². The zero-order valence-corrected chi connectivity index (χ0v) is 15.4. The minimum absolute atomic E-state index is 0.0512. The summed E-state index contributed by atoms with van der Waals surface area (Å²) in [5.41, 5.74) is 3.10. The van der Waals surface area contributed by atoms with E-state index in [-0.39, 0.29) is 11.6 Å². The molecular weight excluding hydrogens is 372 g/mol. The molecule has 0 fully saturated rings. The molecule has 2 aromatic carbocycles. The molecule has 0 amide bonds. The summed E-state index contributed by atoms with van der Waals surface area (Å²) in [5.74, 6) is 1.79. The van der Waals surface area contributed by atoms with Crippen molar-refractivity contribution in [1.82, 2.24) is 15.1 Å². The molecule has 0 bridgehead atoms. The summed E-state index contributed by atoms with van der Waals surface area (Å²) < 4.78 is 10.9. The molecule has 8 nitrogen and oxygen atoms in total. The highest BCUT2D eigenvalue weighted by Crippen LogP contribution is 2.28. The highest BCUT2D eigenvalue weighted by Gasteiger charge is 2.17. The Morgan fingerprint density at radius 2 is 2.00 bits per heavy atom. The SMILES string of the molecule is O=[N+]([O-])c1cccc2ccc(-c3nc(CCc4ccc5c(c4)CCO5)no3)nc12. The van der Waals surface area contributed by atoms with Crippen LogP contribution in [0.25, 0.3) is 22.5 Å². The van der Waals surface area contributed by atoms with Crippen molar-refractivity contribution in [3.63, 3.8) is 0 Å². The fourth-order valence-electron chi connectivity index (χ4n) is 3.51. The maximum Gasteiger partial charge on any atom is 0.295 e. The lowest BCUT2D eigenvalue weighted by Gasteiger charge is -2.02. The summed E-state index contributed by atoms with van der Waals surface area (Å²) in [7, 11) is 0. The number of para-hydroxylation sites is 1. The highest BCUT2D eigenvalue weighted by molar-refractivity contribution is 5.88. The summed E-state index contributed by atoms with van der Waals surface area (Å²) in [4.78, 5) is 19.6. The Morgan fingerprint density at radius 3 is 2.90 bits per heavy atom. The molecule has 0 saturated carbocycles. The van der Waals surface area contributed by atoms with Crippen LogP contribution in [0.5, 0.6) is 5.75 Å². The number of aryl methyl sites for hydroxylation is 2. The number of non-ortho nitro benzene ring substituents is 1. The minimum Gasteiger partial charge on any atom is -0.493 e. The van der Waals surface area contributed by atoms with Gasteiger partial charge in [-0.15, -0.1) is 0 Å². The number of nitro groups is 1. The third-order valence-corrected chi connectivity index (χ3v) is 4.97. The molecule has 0 spiro atoms. The maximum atomic E-state index is 11.3. The third-order valence-electron chi connectivity index (χ3n) is 4.97. The second-order valence-corrected chi connectivity index (χ2v) is 6.86. The normalized spacial score (nSPS) is 12.7. The molecule has 29 heavy (non-hydrogen) atoms. The number of pyridine rings is 1. The first-order chi connectivity index (χ1) is 14.2. The van der Waals surface area contributed by atoms with E-state index in [1.54, 1.807) is 24.3 Å². The molecular formula is C21H16N4O4. The number of nitro benzene ring substituents is 1. The van der Waals surface area contributed by atoms with Crippen LogP contribution >= 0.6 is 0 Å². The largest absolute Gasteiger partial charge is 0.493 e. The van der Waals surface area contributed by atoms with Gasteiger partial charge in [-0.2, -0.15) is 4.98 Å². The fourth-order valence-corrected chi connectivity index (χ4v) is 3.51. The van der Waals surface area contributed by atoms with E-state index >= 15 is 0 Å². The summed E-state index contributed by atoms with van der Waals surface area (Å²) >= 11 is 0. The highest BCUT2D eigenvalue weighted by atomic mass is 16.6. The summed E-state index contributed by atoms with van der Waals surface area (Å²) in [6, 6.07) is 14.6. The van der Waals surface area contributed by atoms with Crippen molar-refractivity contribution >= 4 is 16.6 Å². The summed E-state index contributed by atoms with van der Waals surface area (Å²) in [6.45, 7) is 0.740. The molecule has 144 valence electrons. The van der Waals surface area contributed by atoms with E-state index in [9.17, 15) is 10.1 Å². The molecule has 4 aromatic rings.